The van der Waals surface area contributed by atoms with Crippen LogP contribution in [0.4, 0.5) is 4.39 Å². The van der Waals surface area contributed by atoms with Crippen LogP contribution in [-0.4, -0.2) is 13.7 Å². The molecule has 0 unspecified atom stereocenters. The molecule has 4 heteroatoms. The molecule has 0 radical (unpaired) electrons. The van der Waals surface area contributed by atoms with Gasteiger partial charge in [-0.25, -0.2) is 4.39 Å². The zero-order valence-electron chi connectivity index (χ0n) is 13.9. The third-order valence-electron chi connectivity index (χ3n) is 3.40. The second-order valence-electron chi connectivity index (χ2n) is 5.88. The standard InChI is InChI=1S/C19H24FNO2/c1-14(2)13-23-19-16(5-4-6-18(19)22-3)12-21-11-15-7-9-17(20)10-8-15/h4-10,14,21H,11-13H2,1-3H3. The molecule has 0 fully saturated rings. The van der Waals surface area contributed by atoms with Gasteiger partial charge in [-0.2, -0.15) is 0 Å². The molecule has 3 nitrogen and oxygen atoms in total. The number of nitrogens with one attached hydrogen (secondary N) is 1. The van der Waals surface area contributed by atoms with Crippen molar-refractivity contribution in [2.45, 2.75) is 26.9 Å². The van der Waals surface area contributed by atoms with Crippen molar-refractivity contribution in [1.29, 1.82) is 0 Å². The number of para-hydroxylation sites is 1. The molecule has 0 saturated heterocycles. The smallest absolute Gasteiger partial charge is 0.165 e. The highest BCUT2D eigenvalue weighted by Gasteiger charge is 2.11. The summed E-state index contributed by atoms with van der Waals surface area (Å²) in [6.45, 7) is 6.19. The Morgan fingerprint density at radius 1 is 1.04 bits per heavy atom. The van der Waals surface area contributed by atoms with Crippen LogP contribution >= 0.6 is 0 Å². The second kappa shape index (κ2) is 8.53. The predicted octanol–water partition coefficient (Wildman–Crippen LogP) is 4.16. The van der Waals surface area contributed by atoms with Crippen molar-refractivity contribution in [1.82, 2.24) is 5.32 Å². The third kappa shape index (κ3) is 5.25. The fourth-order valence-electron chi connectivity index (χ4n) is 2.22. The molecule has 0 aliphatic heterocycles. The lowest BCUT2D eigenvalue weighted by Crippen LogP contribution is -2.15. The van der Waals surface area contributed by atoms with Gasteiger partial charge < -0.3 is 14.8 Å². The summed E-state index contributed by atoms with van der Waals surface area (Å²) in [4.78, 5) is 0. The molecule has 0 saturated carbocycles. The van der Waals surface area contributed by atoms with Crippen LogP contribution in [0.1, 0.15) is 25.0 Å². The van der Waals surface area contributed by atoms with E-state index in [4.69, 9.17) is 9.47 Å². The molecule has 0 atom stereocenters. The van der Waals surface area contributed by atoms with Gasteiger partial charge in [-0.15, -0.1) is 0 Å². The monoisotopic (exact) mass is 317 g/mol. The summed E-state index contributed by atoms with van der Waals surface area (Å²) in [5, 5.41) is 3.36. The van der Waals surface area contributed by atoms with E-state index in [0.717, 1.165) is 22.6 Å². The summed E-state index contributed by atoms with van der Waals surface area (Å²) < 4.78 is 24.2. The van der Waals surface area contributed by atoms with Crippen molar-refractivity contribution in [3.63, 3.8) is 0 Å². The minimum Gasteiger partial charge on any atom is -0.493 e. The fourth-order valence-corrected chi connectivity index (χ4v) is 2.22. The van der Waals surface area contributed by atoms with Crippen LogP contribution in [0.25, 0.3) is 0 Å². The third-order valence-corrected chi connectivity index (χ3v) is 3.40. The summed E-state index contributed by atoms with van der Waals surface area (Å²) in [5.41, 5.74) is 2.09. The van der Waals surface area contributed by atoms with Gasteiger partial charge in [0.05, 0.1) is 13.7 Å². The number of rotatable bonds is 8. The van der Waals surface area contributed by atoms with E-state index in [1.165, 1.54) is 12.1 Å². The first-order valence-electron chi connectivity index (χ1n) is 7.84. The molecule has 0 aliphatic carbocycles. The Bertz CT molecular complexity index is 611. The SMILES string of the molecule is COc1cccc(CNCc2ccc(F)cc2)c1OCC(C)C. The zero-order chi connectivity index (χ0) is 16.7. The molecule has 0 heterocycles. The van der Waals surface area contributed by atoms with Crippen molar-refractivity contribution >= 4 is 0 Å². The fraction of sp³-hybridized carbons (Fsp3) is 0.368. The second-order valence-corrected chi connectivity index (χ2v) is 5.88. The molecule has 124 valence electrons. The topological polar surface area (TPSA) is 30.5 Å². The molecule has 23 heavy (non-hydrogen) atoms. The molecule has 0 aromatic heterocycles. The van der Waals surface area contributed by atoms with E-state index < -0.39 is 0 Å². The molecule has 0 spiro atoms. The zero-order valence-corrected chi connectivity index (χ0v) is 13.9. The Kier molecular flexibility index (Phi) is 6.41. The first-order valence-corrected chi connectivity index (χ1v) is 7.84. The largest absolute Gasteiger partial charge is 0.493 e. The van der Waals surface area contributed by atoms with Gasteiger partial charge in [0.2, 0.25) is 0 Å². The number of methoxy groups -OCH3 is 1. The highest BCUT2D eigenvalue weighted by atomic mass is 19.1. The van der Waals surface area contributed by atoms with Gasteiger partial charge >= 0.3 is 0 Å². The number of halogens is 1. The van der Waals surface area contributed by atoms with E-state index in [1.807, 2.05) is 18.2 Å². The average Bonchev–Trinajstić information content (AvgIpc) is 2.55. The summed E-state index contributed by atoms with van der Waals surface area (Å²) in [5.74, 6) is 1.76. The highest BCUT2D eigenvalue weighted by molar-refractivity contribution is 5.46. The van der Waals surface area contributed by atoms with Crippen LogP contribution in [0, 0.1) is 11.7 Å². The lowest BCUT2D eigenvalue weighted by molar-refractivity contribution is 0.254. The Labute approximate surface area is 137 Å². The number of hydrogen-bond donors (Lipinski definition) is 1. The van der Waals surface area contributed by atoms with Crippen molar-refractivity contribution < 1.29 is 13.9 Å². The number of hydrogen-bond acceptors (Lipinski definition) is 3. The summed E-state index contributed by atoms with van der Waals surface area (Å²) in [6.07, 6.45) is 0. The van der Waals surface area contributed by atoms with Gasteiger partial charge in [0.25, 0.3) is 0 Å². The maximum Gasteiger partial charge on any atom is 0.165 e. The molecule has 2 aromatic carbocycles. The molecule has 0 aliphatic rings. The molecular weight excluding hydrogens is 293 g/mol. The van der Waals surface area contributed by atoms with Gasteiger partial charge in [-0.1, -0.05) is 38.1 Å². The lowest BCUT2D eigenvalue weighted by atomic mass is 10.1. The van der Waals surface area contributed by atoms with Crippen molar-refractivity contribution in [3.8, 4) is 11.5 Å². The van der Waals surface area contributed by atoms with Gasteiger partial charge in [-0.05, 0) is 29.7 Å². The summed E-state index contributed by atoms with van der Waals surface area (Å²) in [6, 6.07) is 12.4. The van der Waals surface area contributed by atoms with Crippen LogP contribution in [0.5, 0.6) is 11.5 Å². The van der Waals surface area contributed by atoms with Crippen LogP contribution in [0.3, 0.4) is 0 Å². The van der Waals surface area contributed by atoms with E-state index in [-0.39, 0.29) is 5.82 Å². The van der Waals surface area contributed by atoms with Crippen molar-refractivity contribution in [3.05, 3.63) is 59.4 Å². The quantitative estimate of drug-likeness (QED) is 0.793. The molecule has 0 amide bonds. The van der Waals surface area contributed by atoms with Crippen LogP contribution in [0.15, 0.2) is 42.5 Å². The molecular formula is C19H24FNO2. The van der Waals surface area contributed by atoms with Gasteiger partial charge in [0.15, 0.2) is 11.5 Å². The molecule has 2 aromatic rings. The van der Waals surface area contributed by atoms with Gasteiger partial charge in [0.1, 0.15) is 5.82 Å². The number of benzene rings is 2. The van der Waals surface area contributed by atoms with E-state index >= 15 is 0 Å². The van der Waals surface area contributed by atoms with E-state index in [2.05, 4.69) is 19.2 Å². The average molecular weight is 317 g/mol. The Hall–Kier alpha value is -2.07. The molecule has 1 N–H and O–H groups in total. The van der Waals surface area contributed by atoms with Gasteiger partial charge in [0, 0.05) is 18.7 Å². The van der Waals surface area contributed by atoms with E-state index in [9.17, 15) is 4.39 Å². The van der Waals surface area contributed by atoms with Crippen molar-refractivity contribution in [2.24, 2.45) is 5.92 Å². The first kappa shape index (κ1) is 17.3. The normalized spacial score (nSPS) is 10.8. The Morgan fingerprint density at radius 2 is 1.78 bits per heavy atom. The van der Waals surface area contributed by atoms with E-state index in [0.29, 0.717) is 25.6 Å². The van der Waals surface area contributed by atoms with Crippen LogP contribution < -0.4 is 14.8 Å². The maximum absolute atomic E-state index is 12.9. The first-order chi connectivity index (χ1) is 11.1. The lowest BCUT2D eigenvalue weighted by Gasteiger charge is -2.16. The molecule has 2 rings (SSSR count). The summed E-state index contributed by atoms with van der Waals surface area (Å²) in [7, 11) is 1.65. The minimum atomic E-state index is -0.217. The minimum absolute atomic E-state index is 0.217. The van der Waals surface area contributed by atoms with Crippen LogP contribution in [-0.2, 0) is 13.1 Å². The Balaban J connectivity index is 2.01. The van der Waals surface area contributed by atoms with Gasteiger partial charge in [-0.3, -0.25) is 0 Å². The predicted molar refractivity (Wildman–Crippen MR) is 90.3 cm³/mol. The number of ether oxygens (including phenoxy) is 2. The van der Waals surface area contributed by atoms with Crippen molar-refractivity contribution in [2.75, 3.05) is 13.7 Å². The van der Waals surface area contributed by atoms with Crippen LogP contribution in [0.2, 0.25) is 0 Å². The Morgan fingerprint density at radius 3 is 2.43 bits per heavy atom. The highest BCUT2D eigenvalue weighted by Crippen LogP contribution is 2.31. The summed E-state index contributed by atoms with van der Waals surface area (Å²) >= 11 is 0. The maximum atomic E-state index is 12.9. The van der Waals surface area contributed by atoms with E-state index in [1.54, 1.807) is 19.2 Å². The molecule has 0 bridgehead atoms.